The Hall–Kier alpha value is -0.340. The summed E-state index contributed by atoms with van der Waals surface area (Å²) in [6.07, 6.45) is 0. The zero-order chi connectivity index (χ0) is 11.7. The molecule has 0 spiro atoms. The lowest BCUT2D eigenvalue weighted by Crippen LogP contribution is -2.23. The van der Waals surface area contributed by atoms with E-state index in [1.165, 1.54) is 12.1 Å². The van der Waals surface area contributed by atoms with Crippen molar-refractivity contribution in [3.8, 4) is 0 Å². The van der Waals surface area contributed by atoms with Crippen LogP contribution in [-0.4, -0.2) is 13.9 Å². The molecular formula is C7H5F3O2S3. The Balaban J connectivity index is 3.18. The Labute approximate surface area is 93.6 Å². The van der Waals surface area contributed by atoms with E-state index in [2.05, 4.69) is 11.7 Å². The fourth-order valence-electron chi connectivity index (χ4n) is 0.813. The Bertz CT molecular complexity index is 436. The number of benzene rings is 1. The molecule has 0 amide bonds. The van der Waals surface area contributed by atoms with Gasteiger partial charge >= 0.3 is 5.51 Å². The summed E-state index contributed by atoms with van der Waals surface area (Å²) < 4.78 is 58.1. The monoisotopic (exact) mass is 274 g/mol. The third-order valence-electron chi connectivity index (χ3n) is 1.54. The molecule has 8 heteroatoms. The second kappa shape index (κ2) is 4.26. The van der Waals surface area contributed by atoms with Crippen LogP contribution in [0.4, 0.5) is 13.2 Å². The smallest absolute Gasteiger partial charge is 0.214 e. The predicted molar refractivity (Wildman–Crippen MR) is 54.5 cm³/mol. The molecule has 0 saturated carbocycles. The number of rotatable bonds is 2. The van der Waals surface area contributed by atoms with Crippen LogP contribution >= 0.6 is 22.5 Å². The van der Waals surface area contributed by atoms with Crippen LogP contribution in [-0.2, 0) is 9.84 Å². The molecule has 0 atom stereocenters. The van der Waals surface area contributed by atoms with E-state index < -0.39 is 20.2 Å². The van der Waals surface area contributed by atoms with Crippen molar-refractivity contribution in [1.29, 1.82) is 0 Å². The first kappa shape index (κ1) is 12.7. The predicted octanol–water partition coefficient (Wildman–Crippen LogP) is 2.92. The van der Waals surface area contributed by atoms with E-state index in [-0.39, 0.29) is 0 Å². The van der Waals surface area contributed by atoms with Gasteiger partial charge in [0.05, 0.1) is 4.90 Å². The van der Waals surface area contributed by atoms with Crippen LogP contribution in [0.1, 0.15) is 0 Å². The Morgan fingerprint density at radius 2 is 1.60 bits per heavy atom. The van der Waals surface area contributed by atoms with Crippen molar-refractivity contribution >= 4 is 32.3 Å². The maximum Gasteiger partial charge on any atom is 0.501 e. The van der Waals surface area contributed by atoms with E-state index in [4.69, 9.17) is 0 Å². The molecule has 0 aromatic heterocycles. The summed E-state index contributed by atoms with van der Waals surface area (Å²) in [7, 11) is -4.22. The molecule has 0 aliphatic heterocycles. The van der Waals surface area contributed by atoms with Gasteiger partial charge in [-0.25, -0.2) is 8.42 Å². The van der Waals surface area contributed by atoms with Gasteiger partial charge in [-0.3, -0.25) is 0 Å². The molecule has 0 fully saturated rings. The molecule has 0 aliphatic rings. The minimum absolute atomic E-state index is 0.569. The van der Waals surface area contributed by atoms with Gasteiger partial charge in [-0.15, -0.1) is 11.7 Å². The molecule has 1 rings (SSSR count). The number of halogens is 3. The molecule has 0 unspecified atom stereocenters. The zero-order valence-corrected chi connectivity index (χ0v) is 9.55. The van der Waals surface area contributed by atoms with E-state index in [1.807, 2.05) is 0 Å². The fourth-order valence-corrected chi connectivity index (χ4v) is 2.20. The third kappa shape index (κ3) is 2.61. The zero-order valence-electron chi connectivity index (χ0n) is 7.02. The van der Waals surface area contributed by atoms with Crippen molar-refractivity contribution in [1.82, 2.24) is 0 Å². The van der Waals surface area contributed by atoms with E-state index in [1.54, 1.807) is 0 Å². The van der Waals surface area contributed by atoms with Crippen molar-refractivity contribution in [3.05, 3.63) is 24.3 Å². The van der Waals surface area contributed by atoms with Crippen LogP contribution in [0.15, 0.2) is 34.1 Å². The van der Waals surface area contributed by atoms with Crippen LogP contribution in [0.5, 0.6) is 0 Å². The SMILES string of the molecule is O=S(=O)(c1ccc(SS)cc1)C(F)(F)F. The van der Waals surface area contributed by atoms with Gasteiger partial charge in [0.15, 0.2) is 0 Å². The van der Waals surface area contributed by atoms with Crippen LogP contribution < -0.4 is 0 Å². The van der Waals surface area contributed by atoms with Crippen LogP contribution in [0, 0.1) is 0 Å². The maximum atomic E-state index is 12.1. The van der Waals surface area contributed by atoms with E-state index in [9.17, 15) is 21.6 Å². The third-order valence-corrected chi connectivity index (χ3v) is 4.16. The lowest BCUT2D eigenvalue weighted by molar-refractivity contribution is -0.0436. The summed E-state index contributed by atoms with van der Waals surface area (Å²) in [6, 6.07) is 4.33. The molecule has 0 bridgehead atoms. The lowest BCUT2D eigenvalue weighted by atomic mass is 10.4. The summed E-state index contributed by atoms with van der Waals surface area (Å²) in [5.74, 6) is 0. The van der Waals surface area contributed by atoms with Crippen LogP contribution in [0.25, 0.3) is 0 Å². The quantitative estimate of drug-likeness (QED) is 0.665. The van der Waals surface area contributed by atoms with Gasteiger partial charge in [-0.2, -0.15) is 13.2 Å². The molecule has 0 aliphatic carbocycles. The number of hydrogen-bond donors (Lipinski definition) is 1. The minimum Gasteiger partial charge on any atom is -0.214 e. The maximum absolute atomic E-state index is 12.1. The molecule has 15 heavy (non-hydrogen) atoms. The molecule has 0 radical (unpaired) electrons. The Morgan fingerprint density at radius 3 is 1.93 bits per heavy atom. The summed E-state index contributed by atoms with van der Waals surface area (Å²) >= 11 is 3.82. The van der Waals surface area contributed by atoms with Crippen molar-refractivity contribution in [2.45, 2.75) is 15.3 Å². The highest BCUT2D eigenvalue weighted by molar-refractivity contribution is 8.68. The second-order valence-electron chi connectivity index (χ2n) is 2.51. The topological polar surface area (TPSA) is 34.1 Å². The average Bonchev–Trinajstić information content (AvgIpc) is 2.16. The van der Waals surface area contributed by atoms with Crippen molar-refractivity contribution in [2.24, 2.45) is 0 Å². The molecule has 1 aromatic rings. The summed E-state index contributed by atoms with van der Waals surface area (Å²) in [4.78, 5) is -0.194. The van der Waals surface area contributed by atoms with E-state index in [0.717, 1.165) is 22.9 Å². The number of sulfone groups is 1. The minimum atomic E-state index is -5.26. The standard InChI is InChI=1S/C7H5F3O2S3/c8-7(9,10)15(11,12)6-3-1-5(14-13)2-4-6/h1-4,13H. The Kier molecular flexibility index (Phi) is 3.62. The van der Waals surface area contributed by atoms with Gasteiger partial charge in [0, 0.05) is 4.90 Å². The van der Waals surface area contributed by atoms with Crippen molar-refractivity contribution in [2.75, 3.05) is 0 Å². The lowest BCUT2D eigenvalue weighted by Gasteiger charge is -2.07. The molecule has 84 valence electrons. The molecule has 0 heterocycles. The first-order valence-electron chi connectivity index (χ1n) is 3.52. The van der Waals surface area contributed by atoms with Gasteiger partial charge in [-0.1, -0.05) is 10.8 Å². The largest absolute Gasteiger partial charge is 0.501 e. The summed E-state index contributed by atoms with van der Waals surface area (Å²) in [5.41, 5.74) is -5.26. The van der Waals surface area contributed by atoms with Gasteiger partial charge in [0.1, 0.15) is 0 Å². The summed E-state index contributed by atoms with van der Waals surface area (Å²) in [6.45, 7) is 0. The molecule has 1 aromatic carbocycles. The number of alkyl halides is 3. The second-order valence-corrected chi connectivity index (χ2v) is 5.65. The average molecular weight is 274 g/mol. The van der Waals surface area contributed by atoms with Crippen LogP contribution in [0.2, 0.25) is 0 Å². The molecule has 2 nitrogen and oxygen atoms in total. The van der Waals surface area contributed by atoms with Crippen molar-refractivity contribution < 1.29 is 21.6 Å². The van der Waals surface area contributed by atoms with Gasteiger partial charge in [0.25, 0.3) is 9.84 Å². The number of hydrogen-bond acceptors (Lipinski definition) is 4. The van der Waals surface area contributed by atoms with Gasteiger partial charge in [0.2, 0.25) is 0 Å². The molecule has 0 saturated heterocycles. The molecular weight excluding hydrogens is 269 g/mol. The van der Waals surface area contributed by atoms with Gasteiger partial charge < -0.3 is 0 Å². The van der Waals surface area contributed by atoms with Gasteiger partial charge in [-0.05, 0) is 24.3 Å². The highest BCUT2D eigenvalue weighted by atomic mass is 33.1. The fraction of sp³-hybridized carbons (Fsp3) is 0.143. The van der Waals surface area contributed by atoms with E-state index >= 15 is 0 Å². The normalized spacial score (nSPS) is 12.8. The van der Waals surface area contributed by atoms with Crippen LogP contribution in [0.3, 0.4) is 0 Å². The highest BCUT2D eigenvalue weighted by Gasteiger charge is 2.46. The summed E-state index contributed by atoms with van der Waals surface area (Å²) in [5, 5.41) is 0. The number of thiol groups is 1. The first-order valence-corrected chi connectivity index (χ1v) is 6.87. The van der Waals surface area contributed by atoms with E-state index in [0.29, 0.717) is 4.90 Å². The Morgan fingerprint density at radius 1 is 1.13 bits per heavy atom. The van der Waals surface area contributed by atoms with Crippen molar-refractivity contribution in [3.63, 3.8) is 0 Å². The molecule has 0 N–H and O–H groups in total. The first-order chi connectivity index (χ1) is 6.79. The highest BCUT2D eigenvalue weighted by Crippen LogP contribution is 2.31.